The zero-order chi connectivity index (χ0) is 15.4. The predicted molar refractivity (Wildman–Crippen MR) is 93.0 cm³/mol. The van der Waals surface area contributed by atoms with Gasteiger partial charge in [-0.2, -0.15) is 5.26 Å². The van der Waals surface area contributed by atoms with Crippen molar-refractivity contribution in [3.8, 4) is 17.6 Å². The lowest BCUT2D eigenvalue weighted by molar-refractivity contribution is 0.354. The number of halogens is 1. The fourth-order valence-corrected chi connectivity index (χ4v) is 3.42. The number of nitriles is 1. The van der Waals surface area contributed by atoms with Gasteiger partial charge >= 0.3 is 0 Å². The van der Waals surface area contributed by atoms with Crippen molar-refractivity contribution in [2.45, 2.75) is 0 Å². The van der Waals surface area contributed by atoms with Crippen molar-refractivity contribution in [1.82, 2.24) is 0 Å². The van der Waals surface area contributed by atoms with Gasteiger partial charge in [-0.15, -0.1) is 24.0 Å². The fourth-order valence-electron chi connectivity index (χ4n) is 1.82. The molecular weight excluding hydrogens is 370 g/mol. The summed E-state index contributed by atoms with van der Waals surface area (Å²) in [6.45, 7) is 0. The summed E-state index contributed by atoms with van der Waals surface area (Å²) in [6.07, 6.45) is 0. The molecule has 0 fully saturated rings. The van der Waals surface area contributed by atoms with Gasteiger partial charge in [0.15, 0.2) is 11.5 Å². The van der Waals surface area contributed by atoms with E-state index in [4.69, 9.17) is 9.47 Å². The van der Waals surface area contributed by atoms with Gasteiger partial charge in [-0.1, -0.05) is 6.07 Å². The average molecular weight is 382 g/mol. The molecule has 0 bridgehead atoms. The number of benzene rings is 1. The molecule has 2 aromatic rings. The molecule has 0 aliphatic heterocycles. The normalized spacial score (nSPS) is 11.6. The summed E-state index contributed by atoms with van der Waals surface area (Å²) < 4.78 is 11.3. The van der Waals surface area contributed by atoms with Crippen LogP contribution in [0.15, 0.2) is 34.1 Å². The molecule has 0 N–H and O–H groups in total. The van der Waals surface area contributed by atoms with Crippen LogP contribution in [0.3, 0.4) is 0 Å². The number of hydrogen-bond acceptors (Lipinski definition) is 5. The molecule has 1 heterocycles. The molecule has 0 aliphatic carbocycles. The van der Waals surface area contributed by atoms with Crippen LogP contribution in [0.5, 0.6) is 11.5 Å². The van der Waals surface area contributed by atoms with Gasteiger partial charge in [0.05, 0.1) is 19.8 Å². The highest BCUT2D eigenvalue weighted by molar-refractivity contribution is 9.10. The highest BCUT2D eigenvalue weighted by Gasteiger charge is 2.16. The standard InChI is InChI=1S/C15H12BrNO2S2/c1-18-12-6-9(11(16)7-13(12)19-2)10(8-17)15(20)14-4-3-5-21-14/h3-7,20H,1-2H3/b15-10-. The van der Waals surface area contributed by atoms with Crippen LogP contribution in [-0.2, 0) is 0 Å². The van der Waals surface area contributed by atoms with Crippen molar-refractivity contribution in [2.75, 3.05) is 14.2 Å². The first-order valence-electron chi connectivity index (χ1n) is 5.91. The summed E-state index contributed by atoms with van der Waals surface area (Å²) in [5.74, 6) is 1.16. The molecular formula is C15H12BrNO2S2. The first-order chi connectivity index (χ1) is 10.1. The molecule has 0 amide bonds. The second-order valence-electron chi connectivity index (χ2n) is 4.00. The Bertz CT molecular complexity index is 718. The van der Waals surface area contributed by atoms with Gasteiger partial charge in [0.2, 0.25) is 0 Å². The van der Waals surface area contributed by atoms with Gasteiger partial charge in [0.1, 0.15) is 6.07 Å². The molecule has 6 heteroatoms. The van der Waals surface area contributed by atoms with Crippen molar-refractivity contribution in [3.63, 3.8) is 0 Å². The minimum absolute atomic E-state index is 0.480. The van der Waals surface area contributed by atoms with E-state index in [9.17, 15) is 5.26 Å². The molecule has 0 radical (unpaired) electrons. The van der Waals surface area contributed by atoms with E-state index < -0.39 is 0 Å². The smallest absolute Gasteiger partial charge is 0.161 e. The van der Waals surface area contributed by atoms with Crippen molar-refractivity contribution in [1.29, 1.82) is 5.26 Å². The second kappa shape index (κ2) is 7.03. The quantitative estimate of drug-likeness (QED) is 0.607. The maximum Gasteiger partial charge on any atom is 0.161 e. The highest BCUT2D eigenvalue weighted by Crippen LogP contribution is 2.40. The summed E-state index contributed by atoms with van der Waals surface area (Å²) >= 11 is 9.52. The van der Waals surface area contributed by atoms with E-state index in [1.807, 2.05) is 17.5 Å². The number of thiophene rings is 1. The predicted octanol–water partition coefficient (Wildman–Crippen LogP) is 4.85. The van der Waals surface area contributed by atoms with Crippen LogP contribution in [0.25, 0.3) is 10.5 Å². The van der Waals surface area contributed by atoms with Gasteiger partial charge < -0.3 is 9.47 Å². The van der Waals surface area contributed by atoms with E-state index in [0.29, 0.717) is 27.5 Å². The van der Waals surface area contributed by atoms with Crippen LogP contribution in [-0.4, -0.2) is 14.2 Å². The van der Waals surface area contributed by atoms with E-state index >= 15 is 0 Å². The second-order valence-corrected chi connectivity index (χ2v) is 6.25. The number of methoxy groups -OCH3 is 2. The van der Waals surface area contributed by atoms with Gasteiger partial charge in [0, 0.05) is 19.8 Å². The molecule has 3 nitrogen and oxygen atoms in total. The molecule has 21 heavy (non-hydrogen) atoms. The molecule has 0 spiro atoms. The maximum absolute atomic E-state index is 9.52. The zero-order valence-electron chi connectivity index (χ0n) is 11.4. The molecule has 1 aromatic heterocycles. The van der Waals surface area contributed by atoms with Crippen LogP contribution >= 0.6 is 39.9 Å². The summed E-state index contributed by atoms with van der Waals surface area (Å²) in [7, 11) is 3.13. The third-order valence-corrected chi connectivity index (χ3v) is 5.00. The Morgan fingerprint density at radius 2 is 1.95 bits per heavy atom. The Balaban J connectivity index is 2.64. The van der Waals surface area contributed by atoms with Gasteiger partial charge in [-0.25, -0.2) is 0 Å². The Labute approximate surface area is 141 Å². The average Bonchev–Trinajstić information content (AvgIpc) is 3.03. The first kappa shape index (κ1) is 16.0. The van der Waals surface area contributed by atoms with Gasteiger partial charge in [0.25, 0.3) is 0 Å². The van der Waals surface area contributed by atoms with E-state index in [1.54, 1.807) is 26.4 Å². The van der Waals surface area contributed by atoms with Crippen molar-refractivity contribution < 1.29 is 9.47 Å². The first-order valence-corrected chi connectivity index (χ1v) is 8.03. The van der Waals surface area contributed by atoms with Crippen molar-refractivity contribution in [2.24, 2.45) is 0 Å². The lowest BCUT2D eigenvalue weighted by atomic mass is 10.1. The molecule has 0 aliphatic rings. The molecule has 0 saturated carbocycles. The Morgan fingerprint density at radius 1 is 1.29 bits per heavy atom. The van der Waals surface area contributed by atoms with Crippen LogP contribution in [0, 0.1) is 11.3 Å². The van der Waals surface area contributed by atoms with Crippen LogP contribution in [0.4, 0.5) is 0 Å². The number of hydrogen-bond donors (Lipinski definition) is 1. The zero-order valence-corrected chi connectivity index (χ0v) is 14.7. The molecule has 0 saturated heterocycles. The number of ether oxygens (including phenoxy) is 2. The van der Waals surface area contributed by atoms with Crippen molar-refractivity contribution in [3.05, 3.63) is 44.6 Å². The highest BCUT2D eigenvalue weighted by atomic mass is 79.9. The number of rotatable bonds is 4. The Hall–Kier alpha value is -1.42. The molecule has 0 unspecified atom stereocenters. The summed E-state index contributed by atoms with van der Waals surface area (Å²) in [6, 6.07) is 9.62. The van der Waals surface area contributed by atoms with Crippen LogP contribution < -0.4 is 9.47 Å². The topological polar surface area (TPSA) is 42.2 Å². The van der Waals surface area contributed by atoms with Crippen molar-refractivity contribution >= 4 is 50.4 Å². The third-order valence-electron chi connectivity index (χ3n) is 2.85. The molecule has 108 valence electrons. The molecule has 2 rings (SSSR count). The van der Waals surface area contributed by atoms with Crippen LogP contribution in [0.2, 0.25) is 0 Å². The van der Waals surface area contributed by atoms with E-state index in [-0.39, 0.29) is 0 Å². The van der Waals surface area contributed by atoms with E-state index in [0.717, 1.165) is 9.35 Å². The summed E-state index contributed by atoms with van der Waals surface area (Å²) in [4.78, 5) is 1.58. The monoisotopic (exact) mass is 381 g/mol. The summed E-state index contributed by atoms with van der Waals surface area (Å²) in [5, 5.41) is 11.5. The Kier molecular flexibility index (Phi) is 5.34. The lowest BCUT2D eigenvalue weighted by Crippen LogP contribution is -1.94. The minimum Gasteiger partial charge on any atom is -0.493 e. The molecule has 0 atom stereocenters. The van der Waals surface area contributed by atoms with E-state index in [1.165, 1.54) is 11.3 Å². The number of allylic oxidation sites excluding steroid dienone is 1. The SMILES string of the molecule is COc1cc(Br)c(/C(C#N)=C(\S)c2cccs2)cc1OC. The lowest BCUT2D eigenvalue weighted by Gasteiger charge is -2.12. The van der Waals surface area contributed by atoms with Gasteiger partial charge in [-0.05, 0) is 39.5 Å². The third kappa shape index (κ3) is 3.26. The summed E-state index contributed by atoms with van der Waals surface area (Å²) in [5.41, 5.74) is 1.20. The van der Waals surface area contributed by atoms with Gasteiger partial charge in [-0.3, -0.25) is 0 Å². The number of nitrogens with zero attached hydrogens (tertiary/aromatic N) is 1. The number of thiol groups is 1. The minimum atomic E-state index is 0.480. The molecule has 1 aromatic carbocycles. The maximum atomic E-state index is 9.52. The van der Waals surface area contributed by atoms with E-state index in [2.05, 4.69) is 34.6 Å². The Morgan fingerprint density at radius 3 is 2.48 bits per heavy atom. The van der Waals surface area contributed by atoms with Crippen LogP contribution in [0.1, 0.15) is 10.4 Å². The largest absolute Gasteiger partial charge is 0.493 e. The fraction of sp³-hybridized carbons (Fsp3) is 0.133.